The third-order valence-electron chi connectivity index (χ3n) is 2.37. The minimum absolute atomic E-state index is 0.854. The number of rotatable bonds is 5. The van der Waals surface area contributed by atoms with Gasteiger partial charge in [-0.3, -0.25) is 0 Å². The van der Waals surface area contributed by atoms with E-state index in [-0.39, 0.29) is 0 Å². The van der Waals surface area contributed by atoms with Crippen LogP contribution in [0.25, 0.3) is 9.88 Å². The van der Waals surface area contributed by atoms with Gasteiger partial charge in [0, 0.05) is 7.05 Å². The zero-order valence-electron chi connectivity index (χ0n) is 10.3. The van der Waals surface area contributed by atoms with Crippen molar-refractivity contribution in [2.75, 3.05) is 12.4 Å². The van der Waals surface area contributed by atoms with Crippen LogP contribution in [0.2, 0.25) is 0 Å². The van der Waals surface area contributed by atoms with Gasteiger partial charge >= 0.3 is 0 Å². The number of nitrogens with one attached hydrogen (secondary N) is 1. The number of thiazole rings is 1. The number of hydrogen-bond acceptors (Lipinski definition) is 6. The molecule has 6 heteroatoms. The molecule has 0 unspecified atom stereocenters. The number of nitrogens with zero attached hydrogens (tertiary/aromatic N) is 3. The van der Waals surface area contributed by atoms with Crippen molar-refractivity contribution in [1.82, 2.24) is 15.2 Å². The second-order valence-electron chi connectivity index (χ2n) is 3.65. The number of aromatic nitrogens is 3. The van der Waals surface area contributed by atoms with E-state index in [4.69, 9.17) is 0 Å². The van der Waals surface area contributed by atoms with Gasteiger partial charge in [-0.25, -0.2) is 4.98 Å². The fourth-order valence-electron chi connectivity index (χ4n) is 1.54. The van der Waals surface area contributed by atoms with Gasteiger partial charge in [0.25, 0.3) is 0 Å². The third-order valence-corrected chi connectivity index (χ3v) is 4.63. The quantitative estimate of drug-likeness (QED) is 0.904. The molecule has 0 aliphatic carbocycles. The van der Waals surface area contributed by atoms with Gasteiger partial charge in [0.05, 0.1) is 15.6 Å². The molecule has 0 aliphatic rings. The maximum absolute atomic E-state index is 4.67. The Bertz CT molecular complexity index is 489. The molecule has 92 valence electrons. The number of anilines is 1. The zero-order chi connectivity index (χ0) is 12.3. The summed E-state index contributed by atoms with van der Waals surface area (Å²) in [6.45, 7) is 4.31. The van der Waals surface area contributed by atoms with Crippen molar-refractivity contribution in [2.24, 2.45) is 0 Å². The Kier molecular flexibility index (Phi) is 4.06. The summed E-state index contributed by atoms with van der Waals surface area (Å²) in [6.07, 6.45) is 3.13. The van der Waals surface area contributed by atoms with E-state index in [9.17, 15) is 0 Å². The van der Waals surface area contributed by atoms with Gasteiger partial charge in [0.15, 0.2) is 5.01 Å². The normalized spacial score (nSPS) is 10.8. The number of hydrogen-bond donors (Lipinski definition) is 1. The average Bonchev–Trinajstić information content (AvgIpc) is 2.94. The van der Waals surface area contributed by atoms with Gasteiger partial charge < -0.3 is 5.32 Å². The molecule has 17 heavy (non-hydrogen) atoms. The standard InChI is InChI=1S/C11H16N4S2/c1-4-6-8-13-7(5-2)9(16-8)10-14-15-11(12-3)17-10/h4-6H2,1-3H3,(H,12,15). The highest BCUT2D eigenvalue weighted by atomic mass is 32.1. The molecule has 0 fully saturated rings. The summed E-state index contributed by atoms with van der Waals surface area (Å²) in [7, 11) is 1.86. The number of aryl methyl sites for hydroxylation is 2. The third kappa shape index (κ3) is 2.63. The van der Waals surface area contributed by atoms with Gasteiger partial charge in [0.1, 0.15) is 0 Å². The van der Waals surface area contributed by atoms with Crippen LogP contribution in [0.3, 0.4) is 0 Å². The lowest BCUT2D eigenvalue weighted by atomic mass is 10.3. The summed E-state index contributed by atoms with van der Waals surface area (Å²) in [5.74, 6) is 0. The predicted molar refractivity (Wildman–Crippen MR) is 73.9 cm³/mol. The molecule has 4 nitrogen and oxygen atoms in total. The van der Waals surface area contributed by atoms with Gasteiger partial charge in [-0.15, -0.1) is 21.5 Å². The summed E-state index contributed by atoms with van der Waals surface area (Å²) in [5, 5.41) is 14.4. The molecule has 1 N–H and O–H groups in total. The second-order valence-corrected chi connectivity index (χ2v) is 5.71. The van der Waals surface area contributed by atoms with Gasteiger partial charge in [-0.05, 0) is 19.3 Å². The Morgan fingerprint density at radius 3 is 2.59 bits per heavy atom. The summed E-state index contributed by atoms with van der Waals surface area (Å²) in [4.78, 5) is 5.86. The van der Waals surface area contributed by atoms with Crippen LogP contribution in [0.4, 0.5) is 5.13 Å². The van der Waals surface area contributed by atoms with E-state index >= 15 is 0 Å². The Morgan fingerprint density at radius 1 is 1.18 bits per heavy atom. The van der Waals surface area contributed by atoms with Crippen molar-refractivity contribution in [1.29, 1.82) is 0 Å². The molecule has 2 aromatic rings. The van der Waals surface area contributed by atoms with Crippen molar-refractivity contribution in [3.8, 4) is 9.88 Å². The molecular formula is C11H16N4S2. The molecule has 2 heterocycles. The molecule has 2 rings (SSSR count). The maximum Gasteiger partial charge on any atom is 0.205 e. The fourth-order valence-corrected chi connectivity index (χ4v) is 3.59. The lowest BCUT2D eigenvalue weighted by Crippen LogP contribution is -1.86. The first-order valence-corrected chi connectivity index (χ1v) is 7.42. The molecule has 2 aromatic heterocycles. The Labute approximate surface area is 109 Å². The average molecular weight is 268 g/mol. The fraction of sp³-hybridized carbons (Fsp3) is 0.545. The zero-order valence-corrected chi connectivity index (χ0v) is 11.9. The minimum atomic E-state index is 0.854. The van der Waals surface area contributed by atoms with E-state index in [0.717, 1.165) is 35.1 Å². The van der Waals surface area contributed by atoms with E-state index in [1.807, 2.05) is 7.05 Å². The van der Waals surface area contributed by atoms with E-state index in [1.165, 1.54) is 9.88 Å². The SMILES string of the molecule is CCCc1nc(CC)c(-c2nnc(NC)s2)s1. The van der Waals surface area contributed by atoms with Crippen molar-refractivity contribution < 1.29 is 0 Å². The van der Waals surface area contributed by atoms with Crippen LogP contribution in [-0.4, -0.2) is 22.2 Å². The second kappa shape index (κ2) is 5.55. The molecule has 0 saturated carbocycles. The molecule has 0 bridgehead atoms. The van der Waals surface area contributed by atoms with Crippen LogP contribution < -0.4 is 5.32 Å². The Morgan fingerprint density at radius 2 is 2.00 bits per heavy atom. The summed E-state index contributed by atoms with van der Waals surface area (Å²) in [5.41, 5.74) is 1.15. The lowest BCUT2D eigenvalue weighted by molar-refractivity contribution is 0.894. The lowest BCUT2D eigenvalue weighted by Gasteiger charge is -1.92. The molecule has 0 amide bonds. The summed E-state index contributed by atoms with van der Waals surface area (Å²) in [6, 6.07) is 0. The van der Waals surface area contributed by atoms with Crippen LogP contribution in [0.5, 0.6) is 0 Å². The van der Waals surface area contributed by atoms with Crippen LogP contribution >= 0.6 is 22.7 Å². The van der Waals surface area contributed by atoms with Crippen LogP contribution in [0.1, 0.15) is 31.0 Å². The molecule has 0 atom stereocenters. The molecule has 0 aliphatic heterocycles. The highest BCUT2D eigenvalue weighted by molar-refractivity contribution is 7.23. The van der Waals surface area contributed by atoms with Crippen LogP contribution in [0, 0.1) is 0 Å². The van der Waals surface area contributed by atoms with Gasteiger partial charge in [0.2, 0.25) is 5.13 Å². The monoisotopic (exact) mass is 268 g/mol. The topological polar surface area (TPSA) is 50.7 Å². The van der Waals surface area contributed by atoms with Gasteiger partial charge in [-0.1, -0.05) is 25.2 Å². The Balaban J connectivity index is 2.35. The summed E-state index contributed by atoms with van der Waals surface area (Å²) >= 11 is 3.34. The van der Waals surface area contributed by atoms with Crippen molar-refractivity contribution in [3.63, 3.8) is 0 Å². The molecule has 0 radical (unpaired) electrons. The first-order chi connectivity index (χ1) is 8.28. The largest absolute Gasteiger partial charge is 0.363 e. The molecular weight excluding hydrogens is 252 g/mol. The van der Waals surface area contributed by atoms with Crippen molar-refractivity contribution >= 4 is 27.8 Å². The van der Waals surface area contributed by atoms with E-state index in [2.05, 4.69) is 34.3 Å². The minimum Gasteiger partial charge on any atom is -0.363 e. The first-order valence-electron chi connectivity index (χ1n) is 5.78. The van der Waals surface area contributed by atoms with Gasteiger partial charge in [-0.2, -0.15) is 0 Å². The van der Waals surface area contributed by atoms with Crippen LogP contribution in [-0.2, 0) is 12.8 Å². The van der Waals surface area contributed by atoms with Crippen LogP contribution in [0.15, 0.2) is 0 Å². The van der Waals surface area contributed by atoms with E-state index < -0.39 is 0 Å². The van der Waals surface area contributed by atoms with Crippen molar-refractivity contribution in [2.45, 2.75) is 33.1 Å². The van der Waals surface area contributed by atoms with E-state index in [1.54, 1.807) is 22.7 Å². The highest BCUT2D eigenvalue weighted by Gasteiger charge is 2.15. The molecule has 0 spiro atoms. The molecule has 0 saturated heterocycles. The summed E-state index contributed by atoms with van der Waals surface area (Å²) < 4.78 is 0. The maximum atomic E-state index is 4.67. The van der Waals surface area contributed by atoms with Crippen molar-refractivity contribution in [3.05, 3.63) is 10.7 Å². The predicted octanol–water partition coefficient (Wildman–Crippen LogP) is 3.22. The highest BCUT2D eigenvalue weighted by Crippen LogP contribution is 2.34. The smallest absolute Gasteiger partial charge is 0.205 e. The molecule has 0 aromatic carbocycles. The first kappa shape index (κ1) is 12.4. The van der Waals surface area contributed by atoms with E-state index in [0.29, 0.717) is 0 Å². The Hall–Kier alpha value is -1.01.